The van der Waals surface area contributed by atoms with E-state index in [0.29, 0.717) is 0 Å². The van der Waals surface area contributed by atoms with E-state index in [4.69, 9.17) is 29.2 Å². The number of rotatable bonds is 38. The van der Waals surface area contributed by atoms with Gasteiger partial charge >= 0.3 is 11.9 Å². The monoisotopic (exact) mass is 851 g/mol. The van der Waals surface area contributed by atoms with Crippen molar-refractivity contribution in [2.24, 2.45) is 0 Å². The van der Waals surface area contributed by atoms with Gasteiger partial charge in [0.1, 0.15) is 13.2 Å². The molecule has 59 heavy (non-hydrogen) atoms. The second-order valence-electron chi connectivity index (χ2n) is 14.1. The summed E-state index contributed by atoms with van der Waals surface area (Å²) < 4.78 is 49.2. The van der Waals surface area contributed by atoms with E-state index >= 15 is 0 Å². The van der Waals surface area contributed by atoms with Gasteiger partial charge < -0.3 is 39.8 Å². The molecule has 1 heterocycles. The quantitative estimate of drug-likeness (QED) is 0.0550. The van der Waals surface area contributed by atoms with Crippen molar-refractivity contribution in [1.82, 2.24) is 20.6 Å². The Hall–Kier alpha value is -4.23. The molecule has 1 aromatic carbocycles. The number of aryl methyl sites for hydroxylation is 1. The normalized spacial score (nSPS) is 11.3. The number of hydrogen-bond acceptors (Lipinski definition) is 12. The Morgan fingerprint density at radius 1 is 0.593 bits per heavy atom. The van der Waals surface area contributed by atoms with Gasteiger partial charge in [-0.15, -0.1) is 0 Å². The van der Waals surface area contributed by atoms with Gasteiger partial charge in [-0.2, -0.15) is 0 Å². The SMILES string of the molecule is O=C(O)CCCCCCCCCCCCCCCCCc1cccc(S(=O)(=O)Nc2ncc(C(=O)NCCOCCOCC(=O)NCCOCCOCC(=O)O)cn2)c1. The molecule has 5 N–H and O–H groups in total. The number of aliphatic carboxylic acids is 2. The number of aromatic nitrogens is 2. The number of ether oxygens (including phenoxy) is 4. The zero-order valence-corrected chi connectivity index (χ0v) is 35.2. The van der Waals surface area contributed by atoms with Crippen molar-refractivity contribution in [1.29, 1.82) is 0 Å². The maximum absolute atomic E-state index is 13.1. The lowest BCUT2D eigenvalue weighted by molar-refractivity contribution is -0.143. The molecule has 0 bridgehead atoms. The molecule has 0 aliphatic carbocycles. The smallest absolute Gasteiger partial charge is 0.329 e. The summed E-state index contributed by atoms with van der Waals surface area (Å²) in [6.07, 6.45) is 21.0. The lowest BCUT2D eigenvalue weighted by Gasteiger charge is -2.10. The number of benzene rings is 1. The molecule has 18 heteroatoms. The van der Waals surface area contributed by atoms with E-state index in [1.54, 1.807) is 12.1 Å². The van der Waals surface area contributed by atoms with Crippen LogP contribution in [0.15, 0.2) is 41.6 Å². The van der Waals surface area contributed by atoms with Crippen LogP contribution < -0.4 is 15.4 Å². The van der Waals surface area contributed by atoms with E-state index in [-0.39, 0.29) is 94.7 Å². The Kier molecular flexibility index (Phi) is 28.1. The number of carboxylic acid groups (broad SMARTS) is 2. The maximum atomic E-state index is 13.1. The fourth-order valence-corrected chi connectivity index (χ4v) is 6.89. The standard InChI is InChI=1S/C41H65N5O12S/c47-37(42-21-23-55-26-28-58-33-39(50)51)32-57-27-25-56-24-22-43-40(52)35-30-44-41(45-31-35)46-59(53,54)36-19-16-18-34(29-36)17-14-12-10-8-6-4-2-1-3-5-7-9-11-13-15-20-38(48)49/h16,18-19,29-31H,1-15,17,20-28,32-33H2,(H,42,47)(H,43,52)(H,48,49)(H,50,51)(H,44,45,46). The molecular weight excluding hydrogens is 787 g/mol. The predicted octanol–water partition coefficient (Wildman–Crippen LogP) is 5.14. The van der Waals surface area contributed by atoms with Gasteiger partial charge in [0.2, 0.25) is 11.9 Å². The highest BCUT2D eigenvalue weighted by atomic mass is 32.2. The van der Waals surface area contributed by atoms with Crippen LogP contribution in [-0.2, 0) is 49.8 Å². The molecule has 332 valence electrons. The second kappa shape index (κ2) is 32.6. The minimum absolute atomic E-state index is 0.117. The first-order valence-electron chi connectivity index (χ1n) is 20.8. The molecule has 2 aromatic rings. The Bertz CT molecular complexity index is 1580. The van der Waals surface area contributed by atoms with Gasteiger partial charge in [0.25, 0.3) is 15.9 Å². The fraction of sp³-hybridized carbons (Fsp3) is 0.659. The van der Waals surface area contributed by atoms with Crippen LogP contribution in [0.3, 0.4) is 0 Å². The molecule has 0 fully saturated rings. The van der Waals surface area contributed by atoms with Gasteiger partial charge in [0, 0.05) is 31.9 Å². The number of nitrogens with zero attached hydrogens (tertiary/aromatic N) is 2. The van der Waals surface area contributed by atoms with Crippen molar-refractivity contribution in [3.63, 3.8) is 0 Å². The summed E-state index contributed by atoms with van der Waals surface area (Å²) >= 11 is 0. The fourth-order valence-electron chi connectivity index (χ4n) is 5.87. The highest BCUT2D eigenvalue weighted by molar-refractivity contribution is 7.92. The van der Waals surface area contributed by atoms with E-state index < -0.39 is 27.9 Å². The van der Waals surface area contributed by atoms with Gasteiger partial charge in [-0.3, -0.25) is 14.4 Å². The van der Waals surface area contributed by atoms with E-state index in [1.165, 1.54) is 76.2 Å². The summed E-state index contributed by atoms with van der Waals surface area (Å²) in [5, 5.41) is 22.4. The number of hydrogen-bond donors (Lipinski definition) is 5. The van der Waals surface area contributed by atoms with Crippen molar-refractivity contribution in [3.05, 3.63) is 47.8 Å². The molecule has 0 aliphatic heterocycles. The highest BCUT2D eigenvalue weighted by Crippen LogP contribution is 2.18. The van der Waals surface area contributed by atoms with Crippen molar-refractivity contribution in [2.75, 3.05) is 70.7 Å². The number of nitrogens with one attached hydrogen (secondary N) is 3. The molecule has 17 nitrogen and oxygen atoms in total. The predicted molar refractivity (Wildman–Crippen MR) is 221 cm³/mol. The van der Waals surface area contributed by atoms with Crippen LogP contribution >= 0.6 is 0 Å². The van der Waals surface area contributed by atoms with E-state index in [2.05, 4.69) is 25.3 Å². The second-order valence-corrected chi connectivity index (χ2v) is 15.8. The van der Waals surface area contributed by atoms with Crippen molar-refractivity contribution >= 4 is 39.7 Å². The van der Waals surface area contributed by atoms with Crippen LogP contribution in [0.5, 0.6) is 0 Å². The van der Waals surface area contributed by atoms with Gasteiger partial charge in [0.15, 0.2) is 0 Å². The van der Waals surface area contributed by atoms with Crippen molar-refractivity contribution in [2.45, 2.75) is 114 Å². The molecule has 1 aromatic heterocycles. The number of anilines is 1. The first kappa shape index (κ1) is 50.9. The number of carbonyl (C=O) groups is 4. The summed E-state index contributed by atoms with van der Waals surface area (Å²) in [6.45, 7) is 1.07. The Balaban J connectivity index is 1.50. The van der Waals surface area contributed by atoms with Crippen LogP contribution in [0, 0.1) is 0 Å². The third-order valence-corrected chi connectivity index (χ3v) is 10.3. The van der Waals surface area contributed by atoms with Crippen LogP contribution in [-0.4, -0.2) is 118 Å². The number of unbranched alkanes of at least 4 members (excludes halogenated alkanes) is 14. The number of carboxylic acids is 2. The summed E-state index contributed by atoms with van der Waals surface area (Å²) in [5.74, 6) is -2.69. The topological polar surface area (TPSA) is 242 Å². The highest BCUT2D eigenvalue weighted by Gasteiger charge is 2.17. The lowest BCUT2D eigenvalue weighted by Crippen LogP contribution is -2.31. The molecule has 0 radical (unpaired) electrons. The largest absolute Gasteiger partial charge is 0.481 e. The van der Waals surface area contributed by atoms with Crippen LogP contribution in [0.4, 0.5) is 5.95 Å². The first-order valence-corrected chi connectivity index (χ1v) is 22.3. The molecule has 0 unspecified atom stereocenters. The van der Waals surface area contributed by atoms with Crippen LogP contribution in [0.2, 0.25) is 0 Å². The van der Waals surface area contributed by atoms with E-state index in [9.17, 15) is 27.6 Å². The molecule has 0 spiro atoms. The zero-order valence-electron chi connectivity index (χ0n) is 34.3. The van der Waals surface area contributed by atoms with Gasteiger partial charge in [-0.1, -0.05) is 95.6 Å². The van der Waals surface area contributed by atoms with Crippen LogP contribution in [0.1, 0.15) is 119 Å². The Morgan fingerprint density at radius 3 is 1.66 bits per heavy atom. The minimum atomic E-state index is -3.94. The number of sulfonamides is 1. The molecule has 2 rings (SSSR count). The minimum Gasteiger partial charge on any atom is -0.481 e. The Morgan fingerprint density at radius 2 is 1.10 bits per heavy atom. The van der Waals surface area contributed by atoms with Crippen molar-refractivity contribution < 1.29 is 56.8 Å². The number of carbonyl (C=O) groups excluding carboxylic acids is 2. The van der Waals surface area contributed by atoms with Gasteiger partial charge in [-0.25, -0.2) is 27.9 Å². The van der Waals surface area contributed by atoms with Gasteiger partial charge in [-0.05, 0) is 37.0 Å². The molecule has 2 amide bonds. The zero-order chi connectivity index (χ0) is 42.8. The Labute approximate surface area is 348 Å². The maximum Gasteiger partial charge on any atom is 0.329 e. The molecule has 0 atom stereocenters. The summed E-state index contributed by atoms with van der Waals surface area (Å²) in [7, 11) is -3.94. The number of amides is 2. The molecule has 0 saturated carbocycles. The third kappa shape index (κ3) is 27.2. The molecular formula is C41H65N5O12S. The van der Waals surface area contributed by atoms with E-state index in [0.717, 1.165) is 50.5 Å². The summed E-state index contributed by atoms with van der Waals surface area (Å²) in [4.78, 5) is 53.2. The molecule has 0 aliphatic rings. The lowest BCUT2D eigenvalue weighted by atomic mass is 10.0. The van der Waals surface area contributed by atoms with Gasteiger partial charge in [0.05, 0.1) is 50.1 Å². The van der Waals surface area contributed by atoms with E-state index in [1.807, 2.05) is 6.07 Å². The van der Waals surface area contributed by atoms with Crippen molar-refractivity contribution in [3.8, 4) is 0 Å². The first-order chi connectivity index (χ1) is 28.6. The summed E-state index contributed by atoms with van der Waals surface area (Å²) in [5.41, 5.74) is 1.09. The molecule has 0 saturated heterocycles. The average Bonchev–Trinajstić information content (AvgIpc) is 3.21. The average molecular weight is 852 g/mol. The third-order valence-electron chi connectivity index (χ3n) is 9.01. The summed E-state index contributed by atoms with van der Waals surface area (Å²) in [6, 6.07) is 6.85. The van der Waals surface area contributed by atoms with Crippen LogP contribution in [0.25, 0.3) is 0 Å².